The van der Waals surface area contributed by atoms with Crippen LogP contribution in [0.5, 0.6) is 0 Å². The summed E-state index contributed by atoms with van der Waals surface area (Å²) in [6, 6.07) is 15.2. The first-order chi connectivity index (χ1) is 11.0. The number of thiocarbonyl (C=S) groups is 1. The highest BCUT2D eigenvalue weighted by molar-refractivity contribution is 7.80. The SMILES string of the molecule is Cc1ccc(NC(=S)N[C@H](CN(C)C)c2ccccc2)cc1F. The Labute approximate surface area is 142 Å². The van der Waals surface area contributed by atoms with Gasteiger partial charge in [0, 0.05) is 12.2 Å². The van der Waals surface area contributed by atoms with Crippen molar-refractivity contribution in [1.29, 1.82) is 0 Å². The summed E-state index contributed by atoms with van der Waals surface area (Å²) in [6.45, 7) is 2.53. The van der Waals surface area contributed by atoms with E-state index in [1.54, 1.807) is 13.0 Å². The zero-order valence-electron chi connectivity index (χ0n) is 13.6. The molecule has 5 heteroatoms. The number of nitrogens with zero attached hydrogens (tertiary/aromatic N) is 1. The van der Waals surface area contributed by atoms with Crippen LogP contribution in [0.15, 0.2) is 48.5 Å². The van der Waals surface area contributed by atoms with E-state index in [4.69, 9.17) is 12.2 Å². The van der Waals surface area contributed by atoms with Gasteiger partial charge in [0.05, 0.1) is 6.04 Å². The van der Waals surface area contributed by atoms with Gasteiger partial charge in [0.25, 0.3) is 0 Å². The van der Waals surface area contributed by atoms with Gasteiger partial charge in [-0.15, -0.1) is 0 Å². The lowest BCUT2D eigenvalue weighted by Gasteiger charge is -2.24. The predicted octanol–water partition coefficient (Wildman–Crippen LogP) is 3.72. The Kier molecular flexibility index (Phi) is 6.07. The molecule has 0 aliphatic heterocycles. The lowest BCUT2D eigenvalue weighted by Crippen LogP contribution is -2.37. The number of anilines is 1. The molecule has 2 aromatic rings. The van der Waals surface area contributed by atoms with Crippen molar-refractivity contribution in [2.75, 3.05) is 26.0 Å². The van der Waals surface area contributed by atoms with E-state index in [0.717, 1.165) is 12.1 Å². The van der Waals surface area contributed by atoms with Crippen LogP contribution in [0.3, 0.4) is 0 Å². The van der Waals surface area contributed by atoms with Crippen LogP contribution in [0, 0.1) is 12.7 Å². The van der Waals surface area contributed by atoms with Crippen molar-refractivity contribution in [1.82, 2.24) is 10.2 Å². The maximum atomic E-state index is 13.6. The van der Waals surface area contributed by atoms with Gasteiger partial charge in [0.1, 0.15) is 5.82 Å². The number of nitrogens with one attached hydrogen (secondary N) is 2. The minimum absolute atomic E-state index is 0.0569. The minimum Gasteiger partial charge on any atom is -0.354 e. The fourth-order valence-corrected chi connectivity index (χ4v) is 2.54. The van der Waals surface area contributed by atoms with E-state index >= 15 is 0 Å². The molecule has 3 nitrogen and oxygen atoms in total. The van der Waals surface area contributed by atoms with Crippen molar-refractivity contribution in [2.24, 2.45) is 0 Å². The average Bonchev–Trinajstić information content (AvgIpc) is 2.51. The van der Waals surface area contributed by atoms with Gasteiger partial charge >= 0.3 is 0 Å². The van der Waals surface area contributed by atoms with Crippen LogP contribution in [0.1, 0.15) is 17.2 Å². The lowest BCUT2D eigenvalue weighted by molar-refractivity contribution is 0.363. The molecule has 0 aliphatic rings. The first-order valence-electron chi connectivity index (χ1n) is 7.49. The Morgan fingerprint density at radius 2 is 1.87 bits per heavy atom. The quantitative estimate of drug-likeness (QED) is 0.817. The number of benzene rings is 2. The molecule has 0 unspecified atom stereocenters. The summed E-state index contributed by atoms with van der Waals surface area (Å²) >= 11 is 5.38. The summed E-state index contributed by atoms with van der Waals surface area (Å²) in [4.78, 5) is 2.10. The van der Waals surface area contributed by atoms with Gasteiger partial charge in [-0.3, -0.25) is 0 Å². The third kappa shape index (κ3) is 5.30. The van der Waals surface area contributed by atoms with Crippen LogP contribution >= 0.6 is 12.2 Å². The van der Waals surface area contributed by atoms with Crippen LogP contribution < -0.4 is 10.6 Å². The van der Waals surface area contributed by atoms with Crippen LogP contribution in [0.4, 0.5) is 10.1 Å². The molecule has 2 rings (SSSR count). The second-order valence-electron chi connectivity index (χ2n) is 5.79. The first kappa shape index (κ1) is 17.4. The maximum Gasteiger partial charge on any atom is 0.171 e. The number of hydrogen-bond acceptors (Lipinski definition) is 2. The fraction of sp³-hybridized carbons (Fsp3) is 0.278. The Bertz CT molecular complexity index is 659. The van der Waals surface area contributed by atoms with E-state index in [2.05, 4.69) is 27.7 Å². The molecule has 0 bridgehead atoms. The second kappa shape index (κ2) is 8.04. The zero-order valence-corrected chi connectivity index (χ0v) is 14.5. The Morgan fingerprint density at radius 1 is 1.17 bits per heavy atom. The van der Waals surface area contributed by atoms with Gasteiger partial charge in [-0.2, -0.15) is 0 Å². The standard InChI is InChI=1S/C18H22FN3S/c1-13-9-10-15(11-16(13)19)20-18(23)21-17(12-22(2)3)14-7-5-4-6-8-14/h4-11,17H,12H2,1-3H3,(H2,20,21,23)/t17-/m1/s1. The molecule has 0 radical (unpaired) electrons. The molecular formula is C18H22FN3S. The van der Waals surface area contributed by atoms with Crippen molar-refractivity contribution in [3.05, 3.63) is 65.5 Å². The molecular weight excluding hydrogens is 309 g/mol. The molecule has 2 N–H and O–H groups in total. The van der Waals surface area contributed by atoms with Crippen molar-refractivity contribution in [3.63, 3.8) is 0 Å². The summed E-state index contributed by atoms with van der Waals surface area (Å²) in [5.74, 6) is -0.245. The van der Waals surface area contributed by atoms with Crippen molar-refractivity contribution in [2.45, 2.75) is 13.0 Å². The third-order valence-electron chi connectivity index (χ3n) is 3.48. The molecule has 0 saturated carbocycles. The molecule has 0 saturated heterocycles. The number of hydrogen-bond donors (Lipinski definition) is 2. The number of likely N-dealkylation sites (N-methyl/N-ethyl adjacent to an activating group) is 1. The largest absolute Gasteiger partial charge is 0.354 e. The van der Waals surface area contributed by atoms with E-state index in [0.29, 0.717) is 16.4 Å². The first-order valence-corrected chi connectivity index (χ1v) is 7.90. The van der Waals surface area contributed by atoms with Crippen molar-refractivity contribution in [3.8, 4) is 0 Å². The van der Waals surface area contributed by atoms with Gasteiger partial charge < -0.3 is 15.5 Å². The molecule has 0 aliphatic carbocycles. The van der Waals surface area contributed by atoms with Gasteiger partial charge in [0.15, 0.2) is 5.11 Å². The summed E-state index contributed by atoms with van der Waals surface area (Å²) in [5.41, 5.74) is 2.41. The third-order valence-corrected chi connectivity index (χ3v) is 3.70. The molecule has 0 spiro atoms. The Morgan fingerprint density at radius 3 is 2.48 bits per heavy atom. The molecule has 0 amide bonds. The van der Waals surface area contributed by atoms with Crippen molar-refractivity contribution < 1.29 is 4.39 Å². The highest BCUT2D eigenvalue weighted by Gasteiger charge is 2.13. The van der Waals surface area contributed by atoms with Gasteiger partial charge in [0.2, 0.25) is 0 Å². The lowest BCUT2D eigenvalue weighted by atomic mass is 10.1. The highest BCUT2D eigenvalue weighted by atomic mass is 32.1. The summed E-state index contributed by atoms with van der Waals surface area (Å²) < 4.78 is 13.6. The monoisotopic (exact) mass is 331 g/mol. The van der Waals surface area contributed by atoms with Crippen LogP contribution in [0.25, 0.3) is 0 Å². The van der Waals surface area contributed by atoms with E-state index in [1.807, 2.05) is 38.4 Å². The molecule has 122 valence electrons. The summed E-state index contributed by atoms with van der Waals surface area (Å²) in [7, 11) is 4.03. The highest BCUT2D eigenvalue weighted by Crippen LogP contribution is 2.16. The van der Waals surface area contributed by atoms with E-state index in [-0.39, 0.29) is 11.9 Å². The van der Waals surface area contributed by atoms with Crippen LogP contribution in [-0.2, 0) is 0 Å². The van der Waals surface area contributed by atoms with Crippen LogP contribution in [0.2, 0.25) is 0 Å². The van der Waals surface area contributed by atoms with Gasteiger partial charge in [-0.05, 0) is 56.5 Å². The molecule has 0 heterocycles. The van der Waals surface area contributed by atoms with E-state index in [1.165, 1.54) is 6.07 Å². The zero-order chi connectivity index (χ0) is 16.8. The maximum absolute atomic E-state index is 13.6. The van der Waals surface area contributed by atoms with Crippen molar-refractivity contribution >= 4 is 23.0 Å². The summed E-state index contributed by atoms with van der Waals surface area (Å²) in [5, 5.41) is 6.82. The number of aryl methyl sites for hydroxylation is 1. The molecule has 23 heavy (non-hydrogen) atoms. The molecule has 0 fully saturated rings. The Hall–Kier alpha value is -1.98. The minimum atomic E-state index is -0.245. The normalized spacial score (nSPS) is 12.0. The molecule has 1 atom stereocenters. The van der Waals surface area contributed by atoms with Gasteiger partial charge in [-0.25, -0.2) is 4.39 Å². The van der Waals surface area contributed by atoms with Gasteiger partial charge in [-0.1, -0.05) is 36.4 Å². The second-order valence-corrected chi connectivity index (χ2v) is 6.20. The number of halogens is 1. The van der Waals surface area contributed by atoms with E-state index < -0.39 is 0 Å². The topological polar surface area (TPSA) is 27.3 Å². The smallest absolute Gasteiger partial charge is 0.171 e. The fourth-order valence-electron chi connectivity index (χ4n) is 2.28. The summed E-state index contributed by atoms with van der Waals surface area (Å²) in [6.07, 6.45) is 0. The van der Waals surface area contributed by atoms with Crippen LogP contribution in [-0.4, -0.2) is 30.7 Å². The molecule has 2 aromatic carbocycles. The predicted molar refractivity (Wildman–Crippen MR) is 98.2 cm³/mol. The molecule has 0 aromatic heterocycles. The Balaban J connectivity index is 2.06. The number of rotatable bonds is 5. The van der Waals surface area contributed by atoms with E-state index in [9.17, 15) is 4.39 Å². The average molecular weight is 331 g/mol.